The Labute approximate surface area is 337 Å². The summed E-state index contributed by atoms with van der Waals surface area (Å²) in [5.74, 6) is -0.835. The van der Waals surface area contributed by atoms with Gasteiger partial charge in [0.1, 0.15) is 6.61 Å². The van der Waals surface area contributed by atoms with Gasteiger partial charge in [0.05, 0.1) is 13.2 Å². The van der Waals surface area contributed by atoms with Crippen LogP contribution in [0.25, 0.3) is 0 Å². The number of ether oxygens (including phenoxy) is 2. The zero-order valence-electron chi connectivity index (χ0n) is 35.4. The van der Waals surface area contributed by atoms with E-state index in [2.05, 4.69) is 50.3 Å². The van der Waals surface area contributed by atoms with E-state index in [0.717, 1.165) is 51.4 Å². The maximum Gasteiger partial charge on any atom is 0.472 e. The van der Waals surface area contributed by atoms with Crippen LogP contribution in [0.4, 0.5) is 0 Å². The Balaban J connectivity index is 4.12. The third kappa shape index (κ3) is 41.7. The van der Waals surface area contributed by atoms with Gasteiger partial charge in [0.2, 0.25) is 0 Å². The third-order valence-corrected chi connectivity index (χ3v) is 10.5. The molecule has 0 aliphatic carbocycles. The van der Waals surface area contributed by atoms with Gasteiger partial charge in [-0.15, -0.1) is 0 Å². The largest absolute Gasteiger partial charge is 0.472 e. The molecule has 0 aromatic carbocycles. The van der Waals surface area contributed by atoms with E-state index in [1.54, 1.807) is 0 Å². The minimum Gasteiger partial charge on any atom is -0.462 e. The van der Waals surface area contributed by atoms with Crippen LogP contribution >= 0.6 is 7.82 Å². The number of phosphoric ester groups is 1. The lowest BCUT2D eigenvalue weighted by molar-refractivity contribution is -0.161. The Hall–Kier alpha value is -1.77. The van der Waals surface area contributed by atoms with Gasteiger partial charge in [-0.1, -0.05) is 159 Å². The first kappa shape index (κ1) is 53.2. The highest BCUT2D eigenvalue weighted by molar-refractivity contribution is 7.47. The average molecular weight is 798 g/mol. The fourth-order valence-corrected chi connectivity index (χ4v) is 6.89. The number of phosphoric acid groups is 1. The summed E-state index contributed by atoms with van der Waals surface area (Å²) in [6, 6.07) is 0. The number of carbonyl (C=O) groups is 2. The summed E-state index contributed by atoms with van der Waals surface area (Å²) in [4.78, 5) is 34.9. The number of rotatable bonds is 42. The molecule has 0 aromatic heterocycles. The molecule has 0 heterocycles. The van der Waals surface area contributed by atoms with Crippen LogP contribution in [-0.4, -0.2) is 49.3 Å². The van der Waals surface area contributed by atoms with E-state index in [4.69, 9.17) is 24.3 Å². The van der Waals surface area contributed by atoms with E-state index in [0.29, 0.717) is 6.42 Å². The molecular weight excluding hydrogens is 713 g/mol. The lowest BCUT2D eigenvalue weighted by atomic mass is 10.1. The van der Waals surface area contributed by atoms with Crippen LogP contribution in [0.15, 0.2) is 36.5 Å². The van der Waals surface area contributed by atoms with E-state index in [1.165, 1.54) is 122 Å². The molecule has 0 saturated carbocycles. The van der Waals surface area contributed by atoms with Crippen molar-refractivity contribution in [2.75, 3.05) is 26.4 Å². The summed E-state index contributed by atoms with van der Waals surface area (Å²) in [5.41, 5.74) is 5.35. The Morgan fingerprint density at radius 3 is 1.44 bits per heavy atom. The van der Waals surface area contributed by atoms with Crippen LogP contribution in [0.2, 0.25) is 0 Å². The van der Waals surface area contributed by atoms with Crippen molar-refractivity contribution < 1.29 is 37.6 Å². The van der Waals surface area contributed by atoms with Crippen molar-refractivity contribution in [1.29, 1.82) is 0 Å². The number of hydrogen-bond donors (Lipinski definition) is 2. The van der Waals surface area contributed by atoms with Gasteiger partial charge in [-0.2, -0.15) is 0 Å². The Morgan fingerprint density at radius 1 is 0.545 bits per heavy atom. The van der Waals surface area contributed by atoms with Crippen molar-refractivity contribution in [2.45, 2.75) is 213 Å². The smallest absolute Gasteiger partial charge is 0.462 e. The van der Waals surface area contributed by atoms with Crippen molar-refractivity contribution in [2.24, 2.45) is 5.73 Å². The molecule has 0 aromatic rings. The lowest BCUT2D eigenvalue weighted by Gasteiger charge is -2.19. The number of unbranched alkanes of at least 4 members (excludes halogenated alkanes) is 23. The third-order valence-electron chi connectivity index (χ3n) is 9.50. The molecule has 0 aliphatic rings. The second kappa shape index (κ2) is 41.9. The van der Waals surface area contributed by atoms with Crippen LogP contribution in [0.1, 0.15) is 206 Å². The molecule has 55 heavy (non-hydrogen) atoms. The van der Waals surface area contributed by atoms with Crippen LogP contribution in [0.3, 0.4) is 0 Å². The Bertz CT molecular complexity index is 1000. The highest BCUT2D eigenvalue weighted by atomic mass is 31.2. The van der Waals surface area contributed by atoms with Crippen LogP contribution in [-0.2, 0) is 32.7 Å². The molecule has 2 atom stereocenters. The van der Waals surface area contributed by atoms with E-state index in [1.807, 2.05) is 0 Å². The van der Waals surface area contributed by atoms with Gasteiger partial charge in [-0.3, -0.25) is 18.6 Å². The summed E-state index contributed by atoms with van der Waals surface area (Å²) >= 11 is 0. The molecule has 2 unspecified atom stereocenters. The molecular formula is C45H84NO8P. The average Bonchev–Trinajstić information content (AvgIpc) is 3.17. The zero-order valence-corrected chi connectivity index (χ0v) is 36.3. The number of esters is 2. The molecule has 0 spiro atoms. The molecule has 0 fully saturated rings. The first-order valence-corrected chi connectivity index (χ1v) is 24.0. The highest BCUT2D eigenvalue weighted by Crippen LogP contribution is 2.43. The lowest BCUT2D eigenvalue weighted by Crippen LogP contribution is -2.29. The first-order chi connectivity index (χ1) is 26.8. The molecule has 0 rings (SSSR count). The van der Waals surface area contributed by atoms with Crippen molar-refractivity contribution in [3.05, 3.63) is 36.5 Å². The summed E-state index contributed by atoms with van der Waals surface area (Å²) in [7, 11) is -4.38. The number of hydrogen-bond acceptors (Lipinski definition) is 8. The van der Waals surface area contributed by atoms with Crippen molar-refractivity contribution in [3.8, 4) is 0 Å². The fourth-order valence-electron chi connectivity index (χ4n) is 6.13. The predicted molar refractivity (Wildman–Crippen MR) is 229 cm³/mol. The maximum absolute atomic E-state index is 12.6. The van der Waals surface area contributed by atoms with Gasteiger partial charge in [0, 0.05) is 19.4 Å². The number of carbonyl (C=O) groups excluding carboxylic acids is 2. The molecule has 9 nitrogen and oxygen atoms in total. The number of allylic oxidation sites excluding steroid dienone is 6. The molecule has 0 radical (unpaired) electrons. The van der Waals surface area contributed by atoms with Crippen molar-refractivity contribution in [3.63, 3.8) is 0 Å². The van der Waals surface area contributed by atoms with E-state index < -0.39 is 26.5 Å². The van der Waals surface area contributed by atoms with Crippen LogP contribution < -0.4 is 5.73 Å². The van der Waals surface area contributed by atoms with Crippen molar-refractivity contribution >= 4 is 19.8 Å². The highest BCUT2D eigenvalue weighted by Gasteiger charge is 2.26. The van der Waals surface area contributed by atoms with Crippen LogP contribution in [0, 0.1) is 0 Å². The Kier molecular flexibility index (Phi) is 40.5. The van der Waals surface area contributed by atoms with Crippen LogP contribution in [0.5, 0.6) is 0 Å². The van der Waals surface area contributed by atoms with E-state index in [9.17, 15) is 19.0 Å². The quantitative estimate of drug-likeness (QED) is 0.0268. The predicted octanol–water partition coefficient (Wildman–Crippen LogP) is 12.9. The minimum atomic E-state index is -4.38. The second-order valence-corrected chi connectivity index (χ2v) is 16.4. The molecule has 3 N–H and O–H groups in total. The zero-order chi connectivity index (χ0) is 40.3. The normalized spacial score (nSPS) is 13.6. The van der Waals surface area contributed by atoms with Gasteiger partial charge in [0.25, 0.3) is 0 Å². The molecule has 322 valence electrons. The summed E-state index contributed by atoms with van der Waals surface area (Å²) < 4.78 is 32.8. The first-order valence-electron chi connectivity index (χ1n) is 22.5. The maximum atomic E-state index is 12.6. The topological polar surface area (TPSA) is 134 Å². The van der Waals surface area contributed by atoms with Gasteiger partial charge >= 0.3 is 19.8 Å². The molecule has 0 saturated heterocycles. The monoisotopic (exact) mass is 798 g/mol. The number of nitrogens with two attached hydrogens (primary N) is 1. The van der Waals surface area contributed by atoms with Gasteiger partial charge in [-0.25, -0.2) is 4.57 Å². The minimum absolute atomic E-state index is 0.0520. The summed E-state index contributed by atoms with van der Waals surface area (Å²) in [5, 5.41) is 0. The molecule has 0 bridgehead atoms. The fraction of sp³-hybridized carbons (Fsp3) is 0.822. The summed E-state index contributed by atoms with van der Waals surface area (Å²) in [6.45, 7) is 3.70. The van der Waals surface area contributed by atoms with Crippen molar-refractivity contribution in [1.82, 2.24) is 0 Å². The summed E-state index contributed by atoms with van der Waals surface area (Å²) in [6.07, 6.45) is 45.9. The standard InChI is InChI=1S/C45H84NO8P/c1-3-5-7-9-11-13-15-17-19-20-21-22-24-25-27-29-31-33-35-37-44(47)51-41-43(42-53-55(49,50)52-40-39-46)54-45(48)38-36-34-32-30-28-26-23-18-16-14-12-10-8-6-4-2/h11,13-14,16-17,19,43H,3-10,12,15,18,20-42,46H2,1-2H3,(H,49,50). The van der Waals surface area contributed by atoms with E-state index in [-0.39, 0.29) is 38.6 Å². The second-order valence-electron chi connectivity index (χ2n) is 14.9. The van der Waals surface area contributed by atoms with E-state index >= 15 is 0 Å². The van der Waals surface area contributed by atoms with Gasteiger partial charge in [-0.05, 0) is 70.6 Å². The van der Waals surface area contributed by atoms with Gasteiger partial charge < -0.3 is 20.1 Å². The Morgan fingerprint density at radius 2 is 0.945 bits per heavy atom. The molecule has 10 heteroatoms. The SMILES string of the molecule is CCCCCC=CCC=CCCCCCCCCCCCC(=O)OCC(COP(=O)(O)OCCN)OC(=O)CCCCCCCCCC=CCCCCCC. The van der Waals surface area contributed by atoms with Gasteiger partial charge in [0.15, 0.2) is 6.10 Å². The molecule has 0 amide bonds. The molecule has 0 aliphatic heterocycles.